The van der Waals surface area contributed by atoms with Gasteiger partial charge in [0.05, 0.1) is 6.10 Å². The van der Waals surface area contributed by atoms with Crippen LogP contribution >= 0.6 is 0 Å². The Morgan fingerprint density at radius 3 is 2.47 bits per heavy atom. The molecule has 0 aromatic carbocycles. The molecule has 0 aliphatic rings. The Morgan fingerprint density at radius 2 is 2.13 bits per heavy atom. The van der Waals surface area contributed by atoms with E-state index in [4.69, 9.17) is 9.84 Å². The molecule has 0 saturated heterocycles. The lowest BCUT2D eigenvalue weighted by molar-refractivity contribution is -0.145. The molecule has 0 spiro atoms. The highest BCUT2D eigenvalue weighted by atomic mass is 16.5. The van der Waals surface area contributed by atoms with E-state index in [-0.39, 0.29) is 6.10 Å². The Hall–Kier alpha value is -0.610. The van der Waals surface area contributed by atoms with Crippen molar-refractivity contribution < 1.29 is 14.6 Å². The first kappa shape index (κ1) is 14.4. The predicted octanol–water partition coefficient (Wildman–Crippen LogP) is 1.64. The molecule has 0 bridgehead atoms. The van der Waals surface area contributed by atoms with Gasteiger partial charge in [0, 0.05) is 6.61 Å². The number of carboxylic acid groups (broad SMARTS) is 1. The van der Waals surface area contributed by atoms with Crippen LogP contribution in [0, 0.1) is 0 Å². The molecule has 90 valence electrons. The van der Waals surface area contributed by atoms with Gasteiger partial charge in [0.15, 0.2) is 0 Å². The molecule has 2 N–H and O–H groups in total. The van der Waals surface area contributed by atoms with Crippen molar-refractivity contribution in [3.05, 3.63) is 0 Å². The number of hydrogen-bond donors (Lipinski definition) is 2. The molecular weight excluding hydrogens is 194 g/mol. The first-order valence-corrected chi connectivity index (χ1v) is 5.52. The molecule has 0 aromatic heterocycles. The summed E-state index contributed by atoms with van der Waals surface area (Å²) in [5, 5.41) is 12.0. The van der Waals surface area contributed by atoms with Gasteiger partial charge in [0.2, 0.25) is 0 Å². The molecule has 0 aromatic rings. The summed E-state index contributed by atoms with van der Waals surface area (Å²) in [5.74, 6) is -0.781. The minimum atomic E-state index is -0.791. The maximum Gasteiger partial charge on any atom is 0.323 e. The Labute approximate surface area is 92.0 Å². The zero-order valence-electron chi connectivity index (χ0n) is 10.2. The third-order valence-electron chi connectivity index (χ3n) is 2.69. The Morgan fingerprint density at radius 1 is 1.53 bits per heavy atom. The van der Waals surface area contributed by atoms with E-state index in [1.807, 2.05) is 20.8 Å². The van der Waals surface area contributed by atoms with Crippen molar-refractivity contribution in [2.75, 3.05) is 13.7 Å². The molecule has 1 atom stereocenters. The minimum Gasteiger partial charge on any atom is -0.480 e. The van der Waals surface area contributed by atoms with Gasteiger partial charge >= 0.3 is 5.97 Å². The molecule has 0 rings (SSSR count). The van der Waals surface area contributed by atoms with Crippen LogP contribution in [0.3, 0.4) is 0 Å². The fraction of sp³-hybridized carbons (Fsp3) is 0.909. The largest absolute Gasteiger partial charge is 0.480 e. The van der Waals surface area contributed by atoms with Crippen LogP contribution in [0.1, 0.15) is 40.0 Å². The van der Waals surface area contributed by atoms with Crippen LogP contribution in [0.2, 0.25) is 0 Å². The van der Waals surface area contributed by atoms with Crippen molar-refractivity contribution in [2.45, 2.75) is 51.7 Å². The fourth-order valence-electron chi connectivity index (χ4n) is 1.54. The van der Waals surface area contributed by atoms with Gasteiger partial charge in [-0.15, -0.1) is 0 Å². The SMILES string of the molecule is CCC(CCCOC(C)C)(NC)C(=O)O. The summed E-state index contributed by atoms with van der Waals surface area (Å²) in [6, 6.07) is 0. The zero-order chi connectivity index (χ0) is 11.9. The molecule has 4 heteroatoms. The average Bonchev–Trinajstić information content (AvgIpc) is 2.18. The van der Waals surface area contributed by atoms with Crippen LogP contribution in [0.15, 0.2) is 0 Å². The van der Waals surface area contributed by atoms with Gasteiger partial charge in [-0.1, -0.05) is 6.92 Å². The first-order valence-electron chi connectivity index (χ1n) is 5.52. The second-order valence-corrected chi connectivity index (χ2v) is 4.01. The van der Waals surface area contributed by atoms with E-state index in [0.717, 1.165) is 6.42 Å². The third kappa shape index (κ3) is 4.62. The molecule has 0 radical (unpaired) electrons. The van der Waals surface area contributed by atoms with Crippen molar-refractivity contribution in [3.8, 4) is 0 Å². The summed E-state index contributed by atoms with van der Waals surface area (Å²) < 4.78 is 5.39. The summed E-state index contributed by atoms with van der Waals surface area (Å²) in [6.07, 6.45) is 2.15. The molecule has 0 aliphatic heterocycles. The van der Waals surface area contributed by atoms with Crippen molar-refractivity contribution in [1.82, 2.24) is 5.32 Å². The van der Waals surface area contributed by atoms with Crippen LogP contribution in [-0.4, -0.2) is 36.4 Å². The molecule has 15 heavy (non-hydrogen) atoms. The molecule has 0 saturated carbocycles. The Bertz CT molecular complexity index is 188. The smallest absolute Gasteiger partial charge is 0.323 e. The summed E-state index contributed by atoms with van der Waals surface area (Å²) in [7, 11) is 1.70. The number of nitrogens with one attached hydrogen (secondary N) is 1. The van der Waals surface area contributed by atoms with E-state index in [9.17, 15) is 4.79 Å². The van der Waals surface area contributed by atoms with Crippen LogP contribution in [0.5, 0.6) is 0 Å². The van der Waals surface area contributed by atoms with Crippen LogP contribution < -0.4 is 5.32 Å². The number of aliphatic carboxylic acids is 1. The van der Waals surface area contributed by atoms with E-state index in [1.54, 1.807) is 7.05 Å². The zero-order valence-corrected chi connectivity index (χ0v) is 10.2. The van der Waals surface area contributed by atoms with Crippen molar-refractivity contribution in [3.63, 3.8) is 0 Å². The number of likely N-dealkylation sites (N-methyl/N-ethyl adjacent to an activating group) is 1. The number of hydrogen-bond acceptors (Lipinski definition) is 3. The van der Waals surface area contributed by atoms with Gasteiger partial charge in [-0.25, -0.2) is 0 Å². The first-order chi connectivity index (χ1) is 6.98. The van der Waals surface area contributed by atoms with Gasteiger partial charge in [0.1, 0.15) is 5.54 Å². The van der Waals surface area contributed by atoms with Crippen LogP contribution in [-0.2, 0) is 9.53 Å². The summed E-state index contributed by atoms with van der Waals surface area (Å²) in [6.45, 7) is 6.45. The molecule has 0 amide bonds. The van der Waals surface area contributed by atoms with E-state index in [0.29, 0.717) is 19.4 Å². The quantitative estimate of drug-likeness (QED) is 0.607. The molecule has 0 fully saturated rings. The Kier molecular flexibility index (Phi) is 6.52. The van der Waals surface area contributed by atoms with E-state index in [2.05, 4.69) is 5.32 Å². The van der Waals surface area contributed by atoms with Gasteiger partial charge in [-0.2, -0.15) is 0 Å². The molecule has 0 heterocycles. The lowest BCUT2D eigenvalue weighted by Crippen LogP contribution is -2.49. The molecule has 4 nitrogen and oxygen atoms in total. The van der Waals surface area contributed by atoms with Crippen molar-refractivity contribution in [2.24, 2.45) is 0 Å². The monoisotopic (exact) mass is 217 g/mol. The topological polar surface area (TPSA) is 58.6 Å². The molecule has 1 unspecified atom stereocenters. The van der Waals surface area contributed by atoms with Crippen LogP contribution in [0.25, 0.3) is 0 Å². The average molecular weight is 217 g/mol. The van der Waals surface area contributed by atoms with Gasteiger partial charge < -0.3 is 15.2 Å². The van der Waals surface area contributed by atoms with Crippen LogP contribution in [0.4, 0.5) is 0 Å². The number of rotatable bonds is 8. The van der Waals surface area contributed by atoms with E-state index >= 15 is 0 Å². The predicted molar refractivity (Wildman–Crippen MR) is 60.0 cm³/mol. The third-order valence-corrected chi connectivity index (χ3v) is 2.69. The lowest BCUT2D eigenvalue weighted by atomic mass is 9.91. The van der Waals surface area contributed by atoms with Gasteiger partial charge in [-0.3, -0.25) is 4.79 Å². The second-order valence-electron chi connectivity index (χ2n) is 4.01. The summed E-state index contributed by atoms with van der Waals surface area (Å²) >= 11 is 0. The number of carbonyl (C=O) groups is 1. The summed E-state index contributed by atoms with van der Waals surface area (Å²) in [5.41, 5.74) is -0.791. The molecular formula is C11H23NO3. The maximum absolute atomic E-state index is 11.1. The normalized spacial score (nSPS) is 15.3. The Balaban J connectivity index is 4.02. The van der Waals surface area contributed by atoms with Gasteiger partial charge in [0.25, 0.3) is 0 Å². The van der Waals surface area contributed by atoms with E-state index in [1.165, 1.54) is 0 Å². The maximum atomic E-state index is 11.1. The minimum absolute atomic E-state index is 0.209. The number of ether oxygens (including phenoxy) is 1. The van der Waals surface area contributed by atoms with Crippen molar-refractivity contribution in [1.29, 1.82) is 0 Å². The highest BCUT2D eigenvalue weighted by molar-refractivity contribution is 5.78. The number of carboxylic acids is 1. The van der Waals surface area contributed by atoms with Gasteiger partial charge in [-0.05, 0) is 40.2 Å². The highest BCUT2D eigenvalue weighted by Gasteiger charge is 2.33. The highest BCUT2D eigenvalue weighted by Crippen LogP contribution is 2.17. The summed E-state index contributed by atoms with van der Waals surface area (Å²) in [4.78, 5) is 11.1. The molecule has 0 aliphatic carbocycles. The van der Waals surface area contributed by atoms with Crippen molar-refractivity contribution >= 4 is 5.97 Å². The standard InChI is InChI=1S/C11H23NO3/c1-5-11(12-4,10(13)14)7-6-8-15-9(2)3/h9,12H,5-8H2,1-4H3,(H,13,14). The van der Waals surface area contributed by atoms with E-state index < -0.39 is 11.5 Å². The fourth-order valence-corrected chi connectivity index (χ4v) is 1.54. The lowest BCUT2D eigenvalue weighted by Gasteiger charge is -2.27. The second kappa shape index (κ2) is 6.80.